The quantitative estimate of drug-likeness (QED) is 0.654. The maximum absolute atomic E-state index is 14.4. The van der Waals surface area contributed by atoms with E-state index in [2.05, 4.69) is 4.98 Å². The third kappa shape index (κ3) is 2.92. The number of aliphatic hydroxyl groups is 1. The number of anilines is 1. The normalized spacial score (nSPS) is 10.8. The summed E-state index contributed by atoms with van der Waals surface area (Å²) in [7, 11) is 0. The molecule has 0 aliphatic rings. The number of nitrogens with zero attached hydrogens (tertiary/aromatic N) is 3. The number of hydrogen-bond acceptors (Lipinski definition) is 5. The Morgan fingerprint density at radius 2 is 2.29 bits per heavy atom. The van der Waals surface area contributed by atoms with Gasteiger partial charge >= 0.3 is 0 Å². The molecule has 1 aromatic carbocycles. The van der Waals surface area contributed by atoms with Gasteiger partial charge in [-0.1, -0.05) is 0 Å². The highest BCUT2D eigenvalue weighted by Crippen LogP contribution is 2.34. The van der Waals surface area contributed by atoms with Crippen molar-refractivity contribution in [3.05, 3.63) is 40.3 Å². The molecule has 0 aliphatic heterocycles. The molecule has 21 heavy (non-hydrogen) atoms. The Bertz CT molecular complexity index is 663. The van der Waals surface area contributed by atoms with Crippen molar-refractivity contribution in [3.63, 3.8) is 0 Å². The molecule has 0 atom stereocenters. The highest BCUT2D eigenvalue weighted by Gasteiger charge is 2.22. The maximum atomic E-state index is 14.4. The van der Waals surface area contributed by atoms with Gasteiger partial charge in [0.1, 0.15) is 11.2 Å². The molecule has 1 N–H and O–H groups in total. The van der Waals surface area contributed by atoms with Gasteiger partial charge in [-0.25, -0.2) is 4.39 Å². The second-order valence-corrected chi connectivity index (χ2v) is 4.54. The van der Waals surface area contributed by atoms with E-state index in [9.17, 15) is 14.5 Å². The van der Waals surface area contributed by atoms with Crippen LogP contribution in [0.15, 0.2) is 24.4 Å². The fraction of sp³-hybridized carbons (Fsp3) is 0.357. The van der Waals surface area contributed by atoms with E-state index in [0.29, 0.717) is 24.9 Å². The Kier molecular flexibility index (Phi) is 4.64. The van der Waals surface area contributed by atoms with Crippen LogP contribution in [-0.4, -0.2) is 34.7 Å². The van der Waals surface area contributed by atoms with Gasteiger partial charge in [-0.15, -0.1) is 0 Å². The first-order valence-electron chi connectivity index (χ1n) is 6.67. The number of pyridine rings is 1. The van der Waals surface area contributed by atoms with Crippen molar-refractivity contribution in [3.8, 4) is 0 Å². The molecule has 112 valence electrons. The zero-order chi connectivity index (χ0) is 15.4. The average Bonchev–Trinajstić information content (AvgIpc) is 2.48. The lowest BCUT2D eigenvalue weighted by Gasteiger charge is -2.24. The SMILES string of the molecule is CCN(CCCO)c1c(F)cc([N+](=O)[O-])c2cccnc12. The first-order valence-corrected chi connectivity index (χ1v) is 6.67. The highest BCUT2D eigenvalue weighted by molar-refractivity contribution is 5.97. The summed E-state index contributed by atoms with van der Waals surface area (Å²) < 4.78 is 14.4. The number of benzene rings is 1. The summed E-state index contributed by atoms with van der Waals surface area (Å²) in [5.41, 5.74) is 0.216. The van der Waals surface area contributed by atoms with Gasteiger partial charge in [0.15, 0.2) is 5.82 Å². The Balaban J connectivity index is 2.66. The number of nitro groups is 1. The van der Waals surface area contributed by atoms with Gasteiger partial charge < -0.3 is 10.0 Å². The molecule has 0 bridgehead atoms. The molecule has 0 radical (unpaired) electrons. The minimum Gasteiger partial charge on any atom is -0.396 e. The molecule has 6 nitrogen and oxygen atoms in total. The number of nitro benzene ring substituents is 1. The molecule has 1 heterocycles. The standard InChI is InChI=1S/C14H16FN3O3/c1-2-17(7-4-8-19)14-11(15)9-12(18(20)21)10-5-3-6-16-13(10)14/h3,5-6,9,19H,2,4,7-8H2,1H3. The van der Waals surface area contributed by atoms with Crippen LogP contribution in [0.5, 0.6) is 0 Å². The molecular formula is C14H16FN3O3. The minimum atomic E-state index is -0.673. The van der Waals surface area contributed by atoms with Crippen molar-refractivity contribution >= 4 is 22.3 Å². The second kappa shape index (κ2) is 6.45. The van der Waals surface area contributed by atoms with Crippen molar-refractivity contribution in [1.29, 1.82) is 0 Å². The summed E-state index contributed by atoms with van der Waals surface area (Å²) >= 11 is 0. The number of fused-ring (bicyclic) bond motifs is 1. The average molecular weight is 293 g/mol. The van der Waals surface area contributed by atoms with Crippen molar-refractivity contribution in [1.82, 2.24) is 4.98 Å². The Labute approximate surface area is 121 Å². The molecule has 0 unspecified atom stereocenters. The van der Waals surface area contributed by atoms with E-state index in [0.717, 1.165) is 6.07 Å². The molecule has 0 aliphatic carbocycles. The van der Waals surface area contributed by atoms with Crippen LogP contribution in [0.2, 0.25) is 0 Å². The van der Waals surface area contributed by atoms with E-state index in [-0.39, 0.29) is 23.5 Å². The van der Waals surface area contributed by atoms with Crippen LogP contribution in [0.3, 0.4) is 0 Å². The molecule has 2 aromatic rings. The number of aliphatic hydroxyl groups excluding tert-OH is 1. The largest absolute Gasteiger partial charge is 0.396 e. The van der Waals surface area contributed by atoms with Gasteiger partial charge in [0.25, 0.3) is 5.69 Å². The van der Waals surface area contributed by atoms with Crippen LogP contribution in [0.25, 0.3) is 10.9 Å². The van der Waals surface area contributed by atoms with E-state index < -0.39 is 10.7 Å². The van der Waals surface area contributed by atoms with Crippen LogP contribution >= 0.6 is 0 Å². The highest BCUT2D eigenvalue weighted by atomic mass is 19.1. The predicted molar refractivity (Wildman–Crippen MR) is 77.9 cm³/mol. The molecule has 0 fully saturated rings. The molecule has 7 heteroatoms. The number of rotatable bonds is 6. The molecule has 0 spiro atoms. The molecule has 0 saturated carbocycles. The van der Waals surface area contributed by atoms with Gasteiger partial charge in [-0.05, 0) is 25.5 Å². The number of aromatic nitrogens is 1. The van der Waals surface area contributed by atoms with E-state index in [1.54, 1.807) is 17.0 Å². The lowest BCUT2D eigenvalue weighted by Crippen LogP contribution is -2.26. The van der Waals surface area contributed by atoms with Gasteiger partial charge in [-0.3, -0.25) is 15.1 Å². The Morgan fingerprint density at radius 3 is 2.90 bits per heavy atom. The minimum absolute atomic E-state index is 0.00351. The molecule has 0 amide bonds. The topological polar surface area (TPSA) is 79.5 Å². The summed E-state index contributed by atoms with van der Waals surface area (Å²) in [5, 5.41) is 20.3. The zero-order valence-corrected chi connectivity index (χ0v) is 11.6. The second-order valence-electron chi connectivity index (χ2n) is 4.54. The lowest BCUT2D eigenvalue weighted by atomic mass is 10.1. The van der Waals surface area contributed by atoms with Crippen LogP contribution in [-0.2, 0) is 0 Å². The van der Waals surface area contributed by atoms with Crippen LogP contribution in [0, 0.1) is 15.9 Å². The molecule has 0 saturated heterocycles. The fourth-order valence-corrected chi connectivity index (χ4v) is 2.32. The molecule has 2 rings (SSSR count). The summed E-state index contributed by atoms with van der Waals surface area (Å²) in [5.74, 6) is -0.673. The van der Waals surface area contributed by atoms with Crippen molar-refractivity contribution in [2.75, 3.05) is 24.6 Å². The smallest absolute Gasteiger partial charge is 0.281 e. The predicted octanol–water partition coefficient (Wildman–Crippen LogP) is 2.49. The van der Waals surface area contributed by atoms with Gasteiger partial charge in [0, 0.05) is 25.9 Å². The van der Waals surface area contributed by atoms with Gasteiger partial charge in [-0.2, -0.15) is 0 Å². The zero-order valence-electron chi connectivity index (χ0n) is 11.6. The fourth-order valence-electron chi connectivity index (χ4n) is 2.32. The van der Waals surface area contributed by atoms with Gasteiger partial charge in [0.2, 0.25) is 0 Å². The third-order valence-electron chi connectivity index (χ3n) is 3.28. The molecular weight excluding hydrogens is 277 g/mol. The van der Waals surface area contributed by atoms with Crippen LogP contribution < -0.4 is 4.90 Å². The summed E-state index contributed by atoms with van der Waals surface area (Å²) in [4.78, 5) is 16.3. The number of non-ortho nitro benzene ring substituents is 1. The summed E-state index contributed by atoms with van der Waals surface area (Å²) in [6.45, 7) is 2.82. The maximum Gasteiger partial charge on any atom is 0.281 e. The first kappa shape index (κ1) is 15.1. The van der Waals surface area contributed by atoms with E-state index >= 15 is 0 Å². The first-order chi connectivity index (χ1) is 10.1. The Hall–Kier alpha value is -2.28. The Morgan fingerprint density at radius 1 is 1.52 bits per heavy atom. The van der Waals surface area contributed by atoms with Gasteiger partial charge in [0.05, 0.1) is 16.4 Å². The van der Waals surface area contributed by atoms with E-state index in [4.69, 9.17) is 5.11 Å². The van der Waals surface area contributed by atoms with Crippen molar-refractivity contribution < 1.29 is 14.4 Å². The van der Waals surface area contributed by atoms with Crippen LogP contribution in [0.1, 0.15) is 13.3 Å². The number of hydrogen-bond donors (Lipinski definition) is 1. The summed E-state index contributed by atoms with van der Waals surface area (Å²) in [6, 6.07) is 4.07. The van der Waals surface area contributed by atoms with E-state index in [1.165, 1.54) is 6.20 Å². The third-order valence-corrected chi connectivity index (χ3v) is 3.28. The summed E-state index contributed by atoms with van der Waals surface area (Å²) in [6.07, 6.45) is 1.97. The number of halogens is 1. The van der Waals surface area contributed by atoms with Crippen LogP contribution in [0.4, 0.5) is 15.8 Å². The van der Waals surface area contributed by atoms with Crippen molar-refractivity contribution in [2.24, 2.45) is 0 Å². The monoisotopic (exact) mass is 293 g/mol. The van der Waals surface area contributed by atoms with E-state index in [1.807, 2.05) is 6.92 Å². The lowest BCUT2D eigenvalue weighted by molar-refractivity contribution is -0.383. The molecule has 1 aromatic heterocycles. The van der Waals surface area contributed by atoms with Crippen molar-refractivity contribution in [2.45, 2.75) is 13.3 Å².